The van der Waals surface area contributed by atoms with Gasteiger partial charge in [0.25, 0.3) is 0 Å². The number of rotatable bonds is 2. The van der Waals surface area contributed by atoms with E-state index >= 15 is 0 Å². The van der Waals surface area contributed by atoms with Crippen molar-refractivity contribution in [2.75, 3.05) is 0 Å². The maximum absolute atomic E-state index is 13.0. The molecule has 0 aliphatic carbocycles. The molecule has 2 aromatic carbocycles. The van der Waals surface area contributed by atoms with Crippen LogP contribution in [0.2, 0.25) is 5.02 Å². The van der Waals surface area contributed by atoms with E-state index in [1.54, 1.807) is 0 Å². The maximum atomic E-state index is 13.0. The second-order valence-electron chi connectivity index (χ2n) is 6.54. The summed E-state index contributed by atoms with van der Waals surface area (Å²) in [6.45, 7) is 10.2. The van der Waals surface area contributed by atoms with Gasteiger partial charge in [0.05, 0.1) is 0 Å². The van der Waals surface area contributed by atoms with E-state index < -0.39 is 0 Å². The van der Waals surface area contributed by atoms with Gasteiger partial charge in [-0.1, -0.05) is 56.6 Å². The number of carbonyl (C=O) groups excluding carboxylic acids is 1. The van der Waals surface area contributed by atoms with Gasteiger partial charge >= 0.3 is 0 Å². The Kier molecular flexibility index (Phi) is 4.25. The fourth-order valence-corrected chi connectivity index (χ4v) is 2.72. The van der Waals surface area contributed by atoms with Crippen molar-refractivity contribution in [3.8, 4) is 0 Å². The first-order valence-corrected chi connectivity index (χ1v) is 7.50. The highest BCUT2D eigenvalue weighted by Gasteiger charge is 2.23. The third kappa shape index (κ3) is 3.19. The smallest absolute Gasteiger partial charge is 0.193 e. The summed E-state index contributed by atoms with van der Waals surface area (Å²) in [6.07, 6.45) is 0. The van der Waals surface area contributed by atoms with Crippen molar-refractivity contribution in [1.82, 2.24) is 0 Å². The first kappa shape index (κ1) is 15.8. The van der Waals surface area contributed by atoms with Crippen molar-refractivity contribution in [1.29, 1.82) is 0 Å². The minimum Gasteiger partial charge on any atom is -0.289 e. The Bertz CT molecular complexity index is 693. The maximum Gasteiger partial charge on any atom is 0.193 e. The van der Waals surface area contributed by atoms with Crippen LogP contribution in [0.5, 0.6) is 0 Å². The van der Waals surface area contributed by atoms with Crippen LogP contribution in [0.15, 0.2) is 36.4 Å². The van der Waals surface area contributed by atoms with E-state index in [-0.39, 0.29) is 11.2 Å². The van der Waals surface area contributed by atoms with Gasteiger partial charge in [-0.25, -0.2) is 0 Å². The highest BCUT2D eigenvalue weighted by molar-refractivity contribution is 6.31. The lowest BCUT2D eigenvalue weighted by molar-refractivity contribution is 0.103. The van der Waals surface area contributed by atoms with Crippen molar-refractivity contribution in [3.05, 3.63) is 69.2 Å². The highest BCUT2D eigenvalue weighted by atomic mass is 35.5. The molecule has 0 aliphatic rings. The second-order valence-corrected chi connectivity index (χ2v) is 6.95. The van der Waals surface area contributed by atoms with Crippen LogP contribution >= 0.6 is 11.6 Å². The Morgan fingerprint density at radius 2 is 1.57 bits per heavy atom. The van der Waals surface area contributed by atoms with E-state index in [1.165, 1.54) is 0 Å². The molecule has 0 N–H and O–H groups in total. The molecule has 21 heavy (non-hydrogen) atoms. The third-order valence-electron chi connectivity index (χ3n) is 3.73. The Balaban J connectivity index is 2.59. The molecule has 0 spiro atoms. The number of halogens is 1. The summed E-state index contributed by atoms with van der Waals surface area (Å²) in [5.74, 6) is 0.0674. The molecule has 0 unspecified atom stereocenters. The Labute approximate surface area is 132 Å². The van der Waals surface area contributed by atoms with Crippen LogP contribution in [0.1, 0.15) is 53.4 Å². The average Bonchev–Trinajstić information content (AvgIpc) is 2.41. The Hall–Kier alpha value is -1.60. The van der Waals surface area contributed by atoms with Crippen molar-refractivity contribution in [2.24, 2.45) is 0 Å². The molecule has 110 valence electrons. The fraction of sp³-hybridized carbons (Fsp3) is 0.316. The van der Waals surface area contributed by atoms with Gasteiger partial charge in [0.15, 0.2) is 5.78 Å². The van der Waals surface area contributed by atoms with Crippen LogP contribution in [0.4, 0.5) is 0 Å². The summed E-state index contributed by atoms with van der Waals surface area (Å²) in [7, 11) is 0. The number of hydrogen-bond acceptors (Lipinski definition) is 1. The van der Waals surface area contributed by atoms with Gasteiger partial charge in [-0.3, -0.25) is 4.79 Å². The molecule has 0 atom stereocenters. The van der Waals surface area contributed by atoms with E-state index in [4.69, 9.17) is 11.6 Å². The molecule has 0 heterocycles. The van der Waals surface area contributed by atoms with E-state index in [9.17, 15) is 4.79 Å². The van der Waals surface area contributed by atoms with E-state index in [0.29, 0.717) is 5.02 Å². The lowest BCUT2D eigenvalue weighted by atomic mass is 9.81. The van der Waals surface area contributed by atoms with Gasteiger partial charge in [-0.15, -0.1) is 0 Å². The number of hydrogen-bond donors (Lipinski definition) is 0. The zero-order valence-corrected chi connectivity index (χ0v) is 14.0. The summed E-state index contributed by atoms with van der Waals surface area (Å²) >= 11 is 6.13. The van der Waals surface area contributed by atoms with Crippen LogP contribution in [0.3, 0.4) is 0 Å². The van der Waals surface area contributed by atoms with Crippen molar-refractivity contribution in [3.63, 3.8) is 0 Å². The van der Waals surface area contributed by atoms with Crippen molar-refractivity contribution in [2.45, 2.75) is 40.0 Å². The quantitative estimate of drug-likeness (QED) is 0.671. The van der Waals surface area contributed by atoms with Crippen molar-refractivity contribution >= 4 is 17.4 Å². The van der Waals surface area contributed by atoms with E-state index in [1.807, 2.05) is 50.2 Å². The fourth-order valence-electron chi connectivity index (χ4n) is 2.51. The highest BCUT2D eigenvalue weighted by Crippen LogP contribution is 2.29. The monoisotopic (exact) mass is 300 g/mol. The number of carbonyl (C=O) groups is 1. The first-order chi connectivity index (χ1) is 9.71. The zero-order valence-electron chi connectivity index (χ0n) is 13.3. The zero-order chi connectivity index (χ0) is 15.8. The third-order valence-corrected chi connectivity index (χ3v) is 4.14. The molecule has 0 radical (unpaired) electrons. The minimum atomic E-state index is -0.0678. The van der Waals surface area contributed by atoms with Gasteiger partial charge < -0.3 is 0 Å². The lowest BCUT2D eigenvalue weighted by Gasteiger charge is -2.22. The second kappa shape index (κ2) is 5.65. The van der Waals surface area contributed by atoms with Crippen LogP contribution < -0.4 is 0 Å². The molecule has 0 bridgehead atoms. The van der Waals surface area contributed by atoms with Gasteiger partial charge in [-0.2, -0.15) is 0 Å². The van der Waals surface area contributed by atoms with E-state index in [0.717, 1.165) is 27.8 Å². The largest absolute Gasteiger partial charge is 0.289 e. The predicted octanol–water partition coefficient (Wildman–Crippen LogP) is 5.49. The molecule has 2 heteroatoms. The van der Waals surface area contributed by atoms with Crippen LogP contribution in [-0.4, -0.2) is 5.78 Å². The summed E-state index contributed by atoms with van der Waals surface area (Å²) in [5.41, 5.74) is 4.35. The van der Waals surface area contributed by atoms with Gasteiger partial charge in [-0.05, 0) is 48.1 Å². The predicted molar refractivity (Wildman–Crippen MR) is 89.5 cm³/mol. The minimum absolute atomic E-state index is 0.0674. The van der Waals surface area contributed by atoms with Crippen LogP contribution in [0.25, 0.3) is 0 Å². The van der Waals surface area contributed by atoms with Gasteiger partial charge in [0.1, 0.15) is 0 Å². The number of ketones is 1. The average molecular weight is 301 g/mol. The molecule has 0 saturated carbocycles. The van der Waals surface area contributed by atoms with Crippen molar-refractivity contribution < 1.29 is 4.79 Å². The molecule has 2 rings (SSSR count). The van der Waals surface area contributed by atoms with Gasteiger partial charge in [0.2, 0.25) is 0 Å². The molecule has 0 fully saturated rings. The van der Waals surface area contributed by atoms with Crippen LogP contribution in [-0.2, 0) is 5.41 Å². The summed E-state index contributed by atoms with van der Waals surface area (Å²) < 4.78 is 0. The Morgan fingerprint density at radius 3 is 2.19 bits per heavy atom. The molecular formula is C19H21ClO. The SMILES string of the molecule is Cc1cc(C(=O)c2ccccc2C(C)(C)C)c(C)cc1Cl. The molecule has 0 aromatic heterocycles. The summed E-state index contributed by atoms with van der Waals surface area (Å²) in [5, 5.41) is 0.702. The molecule has 0 saturated heterocycles. The molecular weight excluding hydrogens is 280 g/mol. The Morgan fingerprint density at radius 1 is 0.952 bits per heavy atom. The lowest BCUT2D eigenvalue weighted by Crippen LogP contribution is -2.17. The summed E-state index contributed by atoms with van der Waals surface area (Å²) in [4.78, 5) is 13.0. The standard InChI is InChI=1S/C19H21ClO/c1-12-11-17(20)13(2)10-15(12)18(21)14-8-6-7-9-16(14)19(3,4)5/h6-11H,1-5H3. The molecule has 0 aliphatic heterocycles. The molecule has 1 nitrogen and oxygen atoms in total. The summed E-state index contributed by atoms with van der Waals surface area (Å²) in [6, 6.07) is 11.6. The topological polar surface area (TPSA) is 17.1 Å². The molecule has 0 amide bonds. The van der Waals surface area contributed by atoms with E-state index in [2.05, 4.69) is 20.8 Å². The number of benzene rings is 2. The number of aryl methyl sites for hydroxylation is 2. The molecule has 2 aromatic rings. The first-order valence-electron chi connectivity index (χ1n) is 7.13. The van der Waals surface area contributed by atoms with Gasteiger partial charge in [0, 0.05) is 16.1 Å². The normalized spacial score (nSPS) is 11.5. The van der Waals surface area contributed by atoms with Crippen LogP contribution in [0, 0.1) is 13.8 Å².